The smallest absolute Gasteiger partial charge is 0.262 e. The lowest BCUT2D eigenvalue weighted by Gasteiger charge is -2.33. The maximum atomic E-state index is 13.1. The molecule has 1 atom stereocenters. The van der Waals surface area contributed by atoms with E-state index in [2.05, 4.69) is 10.0 Å². The van der Waals surface area contributed by atoms with E-state index >= 15 is 0 Å². The summed E-state index contributed by atoms with van der Waals surface area (Å²) in [7, 11) is -3.91. The van der Waals surface area contributed by atoms with Gasteiger partial charge in [-0.25, -0.2) is 8.42 Å². The molecule has 182 valence electrons. The molecule has 9 nitrogen and oxygen atoms in total. The van der Waals surface area contributed by atoms with Crippen molar-refractivity contribution in [2.24, 2.45) is 0 Å². The van der Waals surface area contributed by atoms with Crippen molar-refractivity contribution in [1.29, 1.82) is 0 Å². The van der Waals surface area contributed by atoms with Crippen LogP contribution in [0, 0.1) is 0 Å². The Labute approximate surface area is 199 Å². The first-order chi connectivity index (χ1) is 16.4. The number of benzene rings is 2. The van der Waals surface area contributed by atoms with Gasteiger partial charge >= 0.3 is 0 Å². The number of carbonyl (C=O) groups excluding carboxylic acids is 2. The predicted molar refractivity (Wildman–Crippen MR) is 127 cm³/mol. The Morgan fingerprint density at radius 3 is 2.65 bits per heavy atom. The van der Waals surface area contributed by atoms with Gasteiger partial charge in [0, 0.05) is 49.3 Å². The molecule has 2 N–H and O–H groups in total. The fourth-order valence-electron chi connectivity index (χ4n) is 4.03. The molecule has 0 bridgehead atoms. The van der Waals surface area contributed by atoms with Crippen molar-refractivity contribution >= 4 is 27.5 Å². The zero-order chi connectivity index (χ0) is 24.1. The second-order valence-electron chi connectivity index (χ2n) is 8.36. The summed E-state index contributed by atoms with van der Waals surface area (Å²) in [6.45, 7) is 3.77. The number of amides is 2. The summed E-state index contributed by atoms with van der Waals surface area (Å²) < 4.78 is 39.7. The Kier molecular flexibility index (Phi) is 7.26. The lowest BCUT2D eigenvalue weighted by molar-refractivity contribution is -0.121. The first-order valence-corrected chi connectivity index (χ1v) is 12.9. The summed E-state index contributed by atoms with van der Waals surface area (Å²) in [5, 5.41) is 2.95. The molecule has 0 radical (unpaired) electrons. The Morgan fingerprint density at radius 2 is 1.85 bits per heavy atom. The average molecular weight is 488 g/mol. The molecule has 4 rings (SSSR count). The lowest BCUT2D eigenvalue weighted by atomic mass is 10.0. The van der Waals surface area contributed by atoms with Crippen LogP contribution in [-0.2, 0) is 14.8 Å². The van der Waals surface area contributed by atoms with Gasteiger partial charge in [-0.1, -0.05) is 13.0 Å². The Hall–Kier alpha value is -3.27. The number of likely N-dealkylation sites (tertiary alicyclic amines) is 1. The molecule has 0 aliphatic carbocycles. The predicted octanol–water partition coefficient (Wildman–Crippen LogP) is 2.78. The highest BCUT2D eigenvalue weighted by molar-refractivity contribution is 7.92. The summed E-state index contributed by atoms with van der Waals surface area (Å²) in [5.74, 6) is 0.663. The highest BCUT2D eigenvalue weighted by Crippen LogP contribution is 2.32. The van der Waals surface area contributed by atoms with Crippen molar-refractivity contribution in [3.63, 3.8) is 0 Å². The van der Waals surface area contributed by atoms with Crippen LogP contribution in [-0.4, -0.2) is 57.5 Å². The number of hydrogen-bond donors (Lipinski definition) is 2. The Bertz CT molecular complexity index is 1170. The lowest BCUT2D eigenvalue weighted by Crippen LogP contribution is -2.49. The van der Waals surface area contributed by atoms with E-state index in [9.17, 15) is 18.0 Å². The largest absolute Gasteiger partial charge is 0.490 e. The van der Waals surface area contributed by atoms with Gasteiger partial charge in [0.2, 0.25) is 5.91 Å². The molecule has 2 aromatic rings. The average Bonchev–Trinajstić information content (AvgIpc) is 3.08. The molecular weight excluding hydrogens is 458 g/mol. The highest BCUT2D eigenvalue weighted by atomic mass is 32.2. The number of nitrogens with one attached hydrogen (secondary N) is 2. The van der Waals surface area contributed by atoms with E-state index in [-0.39, 0.29) is 28.4 Å². The van der Waals surface area contributed by atoms with Gasteiger partial charge in [0.05, 0.1) is 18.1 Å². The van der Waals surface area contributed by atoms with Gasteiger partial charge in [-0.05, 0) is 43.2 Å². The molecule has 2 aliphatic heterocycles. The summed E-state index contributed by atoms with van der Waals surface area (Å²) in [5.41, 5.74) is 0.659. The van der Waals surface area contributed by atoms with Gasteiger partial charge in [-0.15, -0.1) is 0 Å². The van der Waals surface area contributed by atoms with Crippen LogP contribution in [0.5, 0.6) is 11.5 Å². The molecule has 1 unspecified atom stereocenters. The van der Waals surface area contributed by atoms with Crippen LogP contribution in [0.2, 0.25) is 0 Å². The standard InChI is InChI=1S/C24H29N3O6S/c1-2-23(28)25-19-8-4-11-27(16-19)24(29)17-6-3-7-18(14-17)26-34(30,31)20-9-10-21-22(15-20)33-13-5-12-32-21/h3,6-7,9-10,14-15,19,26H,2,4-5,8,11-13,16H2,1H3,(H,25,28). The van der Waals surface area contributed by atoms with Crippen molar-refractivity contribution in [1.82, 2.24) is 10.2 Å². The fraction of sp³-hybridized carbons (Fsp3) is 0.417. The first kappa shape index (κ1) is 23.9. The number of rotatable bonds is 6. The minimum absolute atomic E-state index is 0.0366. The maximum absolute atomic E-state index is 13.1. The summed E-state index contributed by atoms with van der Waals surface area (Å²) in [6, 6.07) is 10.8. The van der Waals surface area contributed by atoms with Gasteiger partial charge in [0.15, 0.2) is 11.5 Å². The normalized spacial score (nSPS) is 18.0. The second-order valence-corrected chi connectivity index (χ2v) is 10.0. The quantitative estimate of drug-likeness (QED) is 0.648. The van der Waals surface area contributed by atoms with Crippen LogP contribution in [0.15, 0.2) is 47.4 Å². The zero-order valence-corrected chi connectivity index (χ0v) is 19.9. The van der Waals surface area contributed by atoms with Crippen molar-refractivity contribution in [2.45, 2.75) is 43.5 Å². The van der Waals surface area contributed by atoms with E-state index in [1.54, 1.807) is 36.1 Å². The van der Waals surface area contributed by atoms with Crippen molar-refractivity contribution in [3.8, 4) is 11.5 Å². The van der Waals surface area contributed by atoms with Crippen molar-refractivity contribution in [2.75, 3.05) is 31.0 Å². The van der Waals surface area contributed by atoms with E-state index < -0.39 is 10.0 Å². The third kappa shape index (κ3) is 5.61. The molecule has 2 aliphatic rings. The van der Waals surface area contributed by atoms with Gasteiger partial charge < -0.3 is 19.7 Å². The SMILES string of the molecule is CCC(=O)NC1CCCN(C(=O)c2cccc(NS(=O)(=O)c3ccc4c(c3)OCCCO4)c2)C1. The number of fused-ring (bicyclic) bond motifs is 1. The van der Waals surface area contributed by atoms with Crippen molar-refractivity contribution in [3.05, 3.63) is 48.0 Å². The topological polar surface area (TPSA) is 114 Å². The van der Waals surface area contributed by atoms with Gasteiger partial charge in [0.1, 0.15) is 0 Å². The first-order valence-electron chi connectivity index (χ1n) is 11.5. The molecule has 2 amide bonds. The molecule has 10 heteroatoms. The molecule has 1 fully saturated rings. The molecular formula is C24H29N3O6S. The second kappa shape index (κ2) is 10.3. The molecule has 1 saturated heterocycles. The van der Waals surface area contributed by atoms with Gasteiger partial charge in [0.25, 0.3) is 15.9 Å². The van der Waals surface area contributed by atoms with Crippen LogP contribution in [0.4, 0.5) is 5.69 Å². The van der Waals surface area contributed by atoms with Crippen LogP contribution in [0.25, 0.3) is 0 Å². The number of sulfonamides is 1. The van der Waals surface area contributed by atoms with E-state index in [4.69, 9.17) is 9.47 Å². The fourth-order valence-corrected chi connectivity index (χ4v) is 5.10. The summed E-state index contributed by atoms with van der Waals surface area (Å²) in [6.07, 6.45) is 2.73. The van der Waals surface area contributed by atoms with Crippen LogP contribution < -0.4 is 19.5 Å². The van der Waals surface area contributed by atoms with E-state index in [0.717, 1.165) is 19.3 Å². The number of carbonyl (C=O) groups is 2. The Morgan fingerprint density at radius 1 is 1.06 bits per heavy atom. The number of hydrogen-bond acceptors (Lipinski definition) is 6. The van der Waals surface area contributed by atoms with Gasteiger partial charge in [-0.2, -0.15) is 0 Å². The number of piperidine rings is 1. The third-order valence-corrected chi connectivity index (χ3v) is 7.16. The molecule has 0 saturated carbocycles. The maximum Gasteiger partial charge on any atom is 0.262 e. The Balaban J connectivity index is 1.47. The van der Waals surface area contributed by atoms with Gasteiger partial charge in [-0.3, -0.25) is 14.3 Å². The van der Waals surface area contributed by atoms with E-state index in [1.807, 2.05) is 0 Å². The minimum Gasteiger partial charge on any atom is -0.490 e. The number of ether oxygens (including phenoxy) is 2. The molecule has 2 aromatic carbocycles. The monoisotopic (exact) mass is 487 g/mol. The highest BCUT2D eigenvalue weighted by Gasteiger charge is 2.26. The molecule has 0 aromatic heterocycles. The molecule has 34 heavy (non-hydrogen) atoms. The van der Waals surface area contributed by atoms with E-state index in [1.165, 1.54) is 18.2 Å². The zero-order valence-electron chi connectivity index (χ0n) is 19.1. The van der Waals surface area contributed by atoms with Crippen LogP contribution in [0.3, 0.4) is 0 Å². The van der Waals surface area contributed by atoms with Crippen LogP contribution >= 0.6 is 0 Å². The minimum atomic E-state index is -3.91. The number of anilines is 1. The summed E-state index contributed by atoms with van der Waals surface area (Å²) in [4.78, 5) is 26.5. The van der Waals surface area contributed by atoms with Crippen molar-refractivity contribution < 1.29 is 27.5 Å². The van der Waals surface area contributed by atoms with Crippen LogP contribution in [0.1, 0.15) is 43.0 Å². The summed E-state index contributed by atoms with van der Waals surface area (Å²) >= 11 is 0. The van der Waals surface area contributed by atoms with E-state index in [0.29, 0.717) is 49.8 Å². The molecule has 0 spiro atoms. The molecule has 2 heterocycles. The number of nitrogens with zero attached hydrogens (tertiary/aromatic N) is 1. The third-order valence-electron chi connectivity index (χ3n) is 5.79.